The van der Waals surface area contributed by atoms with Crippen LogP contribution >= 0.6 is 0 Å². The fourth-order valence-corrected chi connectivity index (χ4v) is 1.98. The van der Waals surface area contributed by atoms with Crippen LogP contribution in [-0.2, 0) is 0 Å². The zero-order chi connectivity index (χ0) is 12.3. The summed E-state index contributed by atoms with van der Waals surface area (Å²) in [7, 11) is 1.92. The fourth-order valence-electron chi connectivity index (χ4n) is 1.98. The molecule has 2 aromatic rings. The van der Waals surface area contributed by atoms with Gasteiger partial charge in [0, 0.05) is 23.8 Å². The second kappa shape index (κ2) is 5.01. The van der Waals surface area contributed by atoms with E-state index in [9.17, 15) is 0 Å². The number of rotatable bonds is 3. The number of nitrogens with one attached hydrogen (secondary N) is 1. The van der Waals surface area contributed by atoms with E-state index in [-0.39, 0.29) is 6.04 Å². The van der Waals surface area contributed by atoms with Gasteiger partial charge in [-0.25, -0.2) is 0 Å². The Morgan fingerprint density at radius 2 is 1.82 bits per heavy atom. The Morgan fingerprint density at radius 3 is 2.35 bits per heavy atom. The standard InChI is InChI=1S/C13H16N4/c1-9-6-11(7-10(2)17-9)13(14-3)12-8-15-4-5-16-12/h4-8,13-14H,1-3H3. The van der Waals surface area contributed by atoms with E-state index in [0.29, 0.717) is 0 Å². The molecule has 0 saturated heterocycles. The molecule has 4 heteroatoms. The molecule has 0 spiro atoms. The quantitative estimate of drug-likeness (QED) is 0.870. The van der Waals surface area contributed by atoms with Gasteiger partial charge in [0.25, 0.3) is 0 Å². The van der Waals surface area contributed by atoms with Gasteiger partial charge >= 0.3 is 0 Å². The molecule has 0 aliphatic carbocycles. The minimum atomic E-state index is 0.0594. The van der Waals surface area contributed by atoms with Crippen LogP contribution in [0.1, 0.15) is 28.7 Å². The van der Waals surface area contributed by atoms with Gasteiger partial charge in [-0.1, -0.05) is 0 Å². The van der Waals surface area contributed by atoms with Gasteiger partial charge in [-0.15, -0.1) is 0 Å². The van der Waals surface area contributed by atoms with Crippen molar-refractivity contribution in [2.24, 2.45) is 0 Å². The van der Waals surface area contributed by atoms with Gasteiger partial charge in [-0.3, -0.25) is 15.0 Å². The van der Waals surface area contributed by atoms with Crippen molar-refractivity contribution in [2.75, 3.05) is 7.05 Å². The summed E-state index contributed by atoms with van der Waals surface area (Å²) in [4.78, 5) is 12.8. The van der Waals surface area contributed by atoms with E-state index >= 15 is 0 Å². The maximum Gasteiger partial charge on any atom is 0.0801 e. The molecule has 0 aliphatic rings. The van der Waals surface area contributed by atoms with Crippen LogP contribution in [0.2, 0.25) is 0 Å². The van der Waals surface area contributed by atoms with Crippen molar-refractivity contribution in [3.63, 3.8) is 0 Å². The zero-order valence-corrected chi connectivity index (χ0v) is 10.3. The summed E-state index contributed by atoms with van der Waals surface area (Å²) < 4.78 is 0. The minimum absolute atomic E-state index is 0.0594. The average Bonchev–Trinajstić information content (AvgIpc) is 2.30. The average molecular weight is 228 g/mol. The van der Waals surface area contributed by atoms with E-state index in [2.05, 4.69) is 32.4 Å². The molecule has 17 heavy (non-hydrogen) atoms. The lowest BCUT2D eigenvalue weighted by molar-refractivity contribution is 0.664. The molecule has 0 saturated carbocycles. The molecule has 0 amide bonds. The molecule has 0 bridgehead atoms. The second-order valence-corrected chi connectivity index (χ2v) is 4.04. The number of aryl methyl sites for hydroxylation is 2. The van der Waals surface area contributed by atoms with E-state index in [1.54, 1.807) is 18.6 Å². The van der Waals surface area contributed by atoms with Crippen LogP contribution in [0.15, 0.2) is 30.7 Å². The van der Waals surface area contributed by atoms with Gasteiger partial charge in [0.1, 0.15) is 0 Å². The van der Waals surface area contributed by atoms with E-state index < -0.39 is 0 Å². The van der Waals surface area contributed by atoms with Gasteiger partial charge in [0.15, 0.2) is 0 Å². The first-order valence-corrected chi connectivity index (χ1v) is 5.59. The first kappa shape index (κ1) is 11.7. The highest BCUT2D eigenvalue weighted by molar-refractivity contribution is 5.29. The monoisotopic (exact) mass is 228 g/mol. The van der Waals surface area contributed by atoms with Crippen molar-refractivity contribution in [1.29, 1.82) is 0 Å². The summed E-state index contributed by atoms with van der Waals surface area (Å²) in [6, 6.07) is 4.20. The van der Waals surface area contributed by atoms with Crippen LogP contribution in [-0.4, -0.2) is 22.0 Å². The van der Waals surface area contributed by atoms with Crippen molar-refractivity contribution >= 4 is 0 Å². The van der Waals surface area contributed by atoms with E-state index in [1.165, 1.54) is 0 Å². The highest BCUT2D eigenvalue weighted by Gasteiger charge is 2.14. The molecule has 0 aromatic carbocycles. The first-order valence-electron chi connectivity index (χ1n) is 5.59. The smallest absolute Gasteiger partial charge is 0.0801 e. The van der Waals surface area contributed by atoms with Gasteiger partial charge in [0.05, 0.1) is 17.9 Å². The Balaban J connectivity index is 2.42. The van der Waals surface area contributed by atoms with Crippen LogP contribution in [0.5, 0.6) is 0 Å². The summed E-state index contributed by atoms with van der Waals surface area (Å²) in [5, 5.41) is 3.26. The van der Waals surface area contributed by atoms with Crippen molar-refractivity contribution in [2.45, 2.75) is 19.9 Å². The van der Waals surface area contributed by atoms with Gasteiger partial charge < -0.3 is 5.32 Å². The van der Waals surface area contributed by atoms with E-state index in [0.717, 1.165) is 22.6 Å². The topological polar surface area (TPSA) is 50.7 Å². The van der Waals surface area contributed by atoms with Gasteiger partial charge in [-0.2, -0.15) is 0 Å². The minimum Gasteiger partial charge on any atom is -0.308 e. The molecule has 1 atom stereocenters. The predicted octanol–water partition coefficient (Wildman–Crippen LogP) is 1.80. The lowest BCUT2D eigenvalue weighted by Crippen LogP contribution is -2.19. The maximum atomic E-state index is 4.38. The van der Waals surface area contributed by atoms with Crippen LogP contribution in [0, 0.1) is 13.8 Å². The molecule has 1 N–H and O–H groups in total. The summed E-state index contributed by atoms with van der Waals surface area (Å²) in [6.45, 7) is 4.00. The van der Waals surface area contributed by atoms with Gasteiger partial charge in [-0.05, 0) is 38.6 Å². The van der Waals surface area contributed by atoms with Crippen LogP contribution in [0.25, 0.3) is 0 Å². The molecular weight excluding hydrogens is 212 g/mol. The second-order valence-electron chi connectivity index (χ2n) is 4.04. The molecule has 2 heterocycles. The molecule has 0 aliphatic heterocycles. The Labute approximate surface area is 101 Å². The van der Waals surface area contributed by atoms with Crippen LogP contribution in [0.4, 0.5) is 0 Å². The number of hydrogen-bond donors (Lipinski definition) is 1. The molecule has 1 unspecified atom stereocenters. The molecule has 0 radical (unpaired) electrons. The Hall–Kier alpha value is -1.81. The lowest BCUT2D eigenvalue weighted by Gasteiger charge is -2.16. The number of nitrogens with zero attached hydrogens (tertiary/aromatic N) is 3. The lowest BCUT2D eigenvalue weighted by atomic mass is 10.0. The van der Waals surface area contributed by atoms with Crippen LogP contribution < -0.4 is 5.32 Å². The molecule has 0 fully saturated rings. The van der Waals surface area contributed by atoms with Gasteiger partial charge in [0.2, 0.25) is 0 Å². The maximum absolute atomic E-state index is 4.38. The van der Waals surface area contributed by atoms with Crippen molar-refractivity contribution in [3.05, 3.63) is 53.4 Å². The summed E-state index contributed by atoms with van der Waals surface area (Å²) >= 11 is 0. The molecular formula is C13H16N4. The number of pyridine rings is 1. The Kier molecular flexibility index (Phi) is 3.44. The number of aromatic nitrogens is 3. The summed E-state index contributed by atoms with van der Waals surface area (Å²) in [5.74, 6) is 0. The normalized spacial score (nSPS) is 12.4. The SMILES string of the molecule is CNC(c1cc(C)nc(C)c1)c1cnccn1. The first-order chi connectivity index (χ1) is 8.20. The van der Waals surface area contributed by atoms with Crippen molar-refractivity contribution < 1.29 is 0 Å². The van der Waals surface area contributed by atoms with Crippen molar-refractivity contribution in [1.82, 2.24) is 20.3 Å². The zero-order valence-electron chi connectivity index (χ0n) is 10.3. The molecule has 2 rings (SSSR count). The fraction of sp³-hybridized carbons (Fsp3) is 0.308. The summed E-state index contributed by atoms with van der Waals surface area (Å²) in [6.07, 6.45) is 5.17. The molecule has 2 aromatic heterocycles. The predicted molar refractivity (Wildman–Crippen MR) is 66.6 cm³/mol. The van der Waals surface area contributed by atoms with Crippen LogP contribution in [0.3, 0.4) is 0 Å². The third kappa shape index (κ3) is 2.65. The number of hydrogen-bond acceptors (Lipinski definition) is 4. The van der Waals surface area contributed by atoms with E-state index in [1.807, 2.05) is 20.9 Å². The molecule has 88 valence electrons. The largest absolute Gasteiger partial charge is 0.308 e. The van der Waals surface area contributed by atoms with E-state index in [4.69, 9.17) is 0 Å². The highest BCUT2D eigenvalue weighted by Crippen LogP contribution is 2.20. The van der Waals surface area contributed by atoms with Crippen molar-refractivity contribution in [3.8, 4) is 0 Å². The Morgan fingerprint density at radius 1 is 1.12 bits per heavy atom. The molecule has 4 nitrogen and oxygen atoms in total. The summed E-state index contributed by atoms with van der Waals surface area (Å²) in [5.41, 5.74) is 4.12. The highest BCUT2D eigenvalue weighted by atomic mass is 14.9. The third-order valence-corrected chi connectivity index (χ3v) is 2.60. The Bertz CT molecular complexity index is 476. The third-order valence-electron chi connectivity index (χ3n) is 2.60.